The van der Waals surface area contributed by atoms with Gasteiger partial charge in [-0.05, 0) is 54.0 Å². The normalized spacial score (nSPS) is 22.5. The molecule has 6 rings (SSSR count). The smallest absolute Gasteiger partial charge is 0.161 e. The maximum absolute atomic E-state index is 6.16. The molecule has 1 saturated heterocycles. The highest BCUT2D eigenvalue weighted by Gasteiger charge is 2.36. The van der Waals surface area contributed by atoms with E-state index in [0.717, 1.165) is 31.0 Å². The lowest BCUT2D eigenvalue weighted by molar-refractivity contribution is 0.191. The first-order chi connectivity index (χ1) is 14.9. The third-order valence-corrected chi connectivity index (χ3v) is 6.42. The molecule has 2 aliphatic heterocycles. The number of ether oxygens (including phenoxy) is 2. The fourth-order valence-electron chi connectivity index (χ4n) is 4.85. The predicted octanol–water partition coefficient (Wildman–Crippen LogP) is 5.00. The molecule has 4 aliphatic rings. The van der Waals surface area contributed by atoms with E-state index in [4.69, 9.17) is 9.47 Å². The average molecular weight is 396 g/mol. The summed E-state index contributed by atoms with van der Waals surface area (Å²) in [5.74, 6) is 2.46. The Morgan fingerprint density at radius 1 is 0.733 bits per heavy atom. The standard InChI is InChI=1S/C26H24N2O2/c1-3-7-19(8-4-1)27-15-23-21-11-14-26-24(22(21)12-13-25(23)29-17-27)16-28(18-30-26)20-9-5-2-6-10-20/h1-11,13-14,22H,12,15-18H2. The van der Waals surface area contributed by atoms with E-state index in [9.17, 15) is 0 Å². The SMILES string of the molecule is C1=CC2=C3CN(c4ccccc4)COC3=CCC2C2=C1OCN(c1ccccc1)C2. The average Bonchev–Trinajstić information content (AvgIpc) is 2.84. The van der Waals surface area contributed by atoms with Gasteiger partial charge in [-0.15, -0.1) is 0 Å². The minimum Gasteiger partial charge on any atom is -0.473 e. The molecule has 2 aromatic carbocycles. The zero-order valence-corrected chi connectivity index (χ0v) is 16.8. The van der Waals surface area contributed by atoms with Gasteiger partial charge in [-0.25, -0.2) is 0 Å². The molecule has 0 N–H and O–H groups in total. The van der Waals surface area contributed by atoms with E-state index in [1.54, 1.807) is 0 Å². The third kappa shape index (κ3) is 2.91. The molecule has 30 heavy (non-hydrogen) atoms. The van der Waals surface area contributed by atoms with E-state index >= 15 is 0 Å². The quantitative estimate of drug-likeness (QED) is 0.713. The lowest BCUT2D eigenvalue weighted by Crippen LogP contribution is -2.39. The van der Waals surface area contributed by atoms with Crippen molar-refractivity contribution in [1.29, 1.82) is 0 Å². The zero-order valence-electron chi connectivity index (χ0n) is 16.8. The second kappa shape index (κ2) is 7.13. The summed E-state index contributed by atoms with van der Waals surface area (Å²) in [7, 11) is 0. The van der Waals surface area contributed by atoms with Gasteiger partial charge in [-0.2, -0.15) is 0 Å². The molecule has 150 valence electrons. The van der Waals surface area contributed by atoms with Crippen molar-refractivity contribution in [2.75, 3.05) is 36.4 Å². The summed E-state index contributed by atoms with van der Waals surface area (Å²) in [6.07, 6.45) is 7.65. The Morgan fingerprint density at radius 2 is 1.40 bits per heavy atom. The number of allylic oxidation sites excluding steroid dienone is 4. The fraction of sp³-hybridized carbons (Fsp3) is 0.231. The van der Waals surface area contributed by atoms with Crippen molar-refractivity contribution in [3.8, 4) is 0 Å². The van der Waals surface area contributed by atoms with Crippen LogP contribution in [0.15, 0.2) is 107 Å². The molecule has 4 nitrogen and oxygen atoms in total. The van der Waals surface area contributed by atoms with Crippen LogP contribution in [0.5, 0.6) is 0 Å². The molecule has 2 heterocycles. The molecule has 0 radical (unpaired) electrons. The Morgan fingerprint density at radius 3 is 2.13 bits per heavy atom. The number of hydrogen-bond donors (Lipinski definition) is 0. The Balaban J connectivity index is 1.31. The van der Waals surface area contributed by atoms with Crippen molar-refractivity contribution in [2.24, 2.45) is 5.92 Å². The monoisotopic (exact) mass is 396 g/mol. The largest absolute Gasteiger partial charge is 0.473 e. The predicted molar refractivity (Wildman–Crippen MR) is 119 cm³/mol. The second-order valence-corrected chi connectivity index (χ2v) is 8.13. The number of rotatable bonds is 2. The van der Waals surface area contributed by atoms with E-state index in [-0.39, 0.29) is 0 Å². The summed E-state index contributed by atoms with van der Waals surface area (Å²) >= 11 is 0. The molecule has 4 heteroatoms. The highest BCUT2D eigenvalue weighted by atomic mass is 16.5. The van der Waals surface area contributed by atoms with Gasteiger partial charge in [0.05, 0.1) is 6.54 Å². The van der Waals surface area contributed by atoms with Crippen LogP contribution in [-0.2, 0) is 9.47 Å². The van der Waals surface area contributed by atoms with Crippen LogP contribution in [0.3, 0.4) is 0 Å². The first kappa shape index (κ1) is 17.5. The van der Waals surface area contributed by atoms with Crippen LogP contribution >= 0.6 is 0 Å². The highest BCUT2D eigenvalue weighted by molar-refractivity contribution is 5.58. The number of anilines is 2. The Hall–Kier alpha value is -3.40. The van der Waals surface area contributed by atoms with Gasteiger partial charge in [0, 0.05) is 29.4 Å². The van der Waals surface area contributed by atoms with Gasteiger partial charge in [-0.1, -0.05) is 42.5 Å². The Labute approximate surface area is 177 Å². The second-order valence-electron chi connectivity index (χ2n) is 8.13. The van der Waals surface area contributed by atoms with Crippen LogP contribution < -0.4 is 9.80 Å². The van der Waals surface area contributed by atoms with E-state index in [1.165, 1.54) is 28.1 Å². The Bertz CT molecular complexity index is 1080. The van der Waals surface area contributed by atoms with Gasteiger partial charge in [-0.3, -0.25) is 0 Å². The summed E-state index contributed by atoms with van der Waals surface area (Å²) in [6, 6.07) is 21.0. The van der Waals surface area contributed by atoms with Crippen molar-refractivity contribution >= 4 is 11.4 Å². The number of benzene rings is 2. The number of para-hydroxylation sites is 2. The van der Waals surface area contributed by atoms with Crippen molar-refractivity contribution < 1.29 is 9.47 Å². The lowest BCUT2D eigenvalue weighted by Gasteiger charge is -2.41. The molecule has 0 aromatic heterocycles. The van der Waals surface area contributed by atoms with Crippen LogP contribution in [0.1, 0.15) is 6.42 Å². The maximum atomic E-state index is 6.16. The van der Waals surface area contributed by atoms with Gasteiger partial charge < -0.3 is 19.3 Å². The molecule has 1 fully saturated rings. The molecule has 0 saturated carbocycles. The van der Waals surface area contributed by atoms with E-state index in [1.807, 2.05) is 0 Å². The molecule has 2 aromatic rings. The van der Waals surface area contributed by atoms with E-state index < -0.39 is 0 Å². The molecule has 1 unspecified atom stereocenters. The summed E-state index contributed by atoms with van der Waals surface area (Å²) < 4.78 is 12.3. The fourth-order valence-corrected chi connectivity index (χ4v) is 4.85. The van der Waals surface area contributed by atoms with E-state index in [2.05, 4.69) is 88.7 Å². The molecular weight excluding hydrogens is 372 g/mol. The molecule has 0 amide bonds. The molecule has 0 bridgehead atoms. The van der Waals surface area contributed by atoms with Crippen molar-refractivity contribution in [3.63, 3.8) is 0 Å². The van der Waals surface area contributed by atoms with Crippen molar-refractivity contribution in [2.45, 2.75) is 6.42 Å². The van der Waals surface area contributed by atoms with Crippen LogP contribution in [0.2, 0.25) is 0 Å². The zero-order chi connectivity index (χ0) is 19.9. The van der Waals surface area contributed by atoms with Gasteiger partial charge in [0.25, 0.3) is 0 Å². The molecule has 0 spiro atoms. The van der Waals surface area contributed by atoms with Gasteiger partial charge in [0.15, 0.2) is 13.5 Å². The van der Waals surface area contributed by atoms with Crippen molar-refractivity contribution in [1.82, 2.24) is 0 Å². The minimum absolute atomic E-state index is 0.356. The first-order valence-electron chi connectivity index (χ1n) is 10.6. The van der Waals surface area contributed by atoms with E-state index in [0.29, 0.717) is 19.4 Å². The minimum atomic E-state index is 0.356. The summed E-state index contributed by atoms with van der Waals surface area (Å²) in [4.78, 5) is 4.61. The maximum Gasteiger partial charge on any atom is 0.161 e. The lowest BCUT2D eigenvalue weighted by atomic mass is 9.77. The summed E-state index contributed by atoms with van der Waals surface area (Å²) in [5, 5.41) is 0. The first-order valence-corrected chi connectivity index (χ1v) is 10.6. The summed E-state index contributed by atoms with van der Waals surface area (Å²) in [6.45, 7) is 2.97. The van der Waals surface area contributed by atoms with Crippen molar-refractivity contribution in [3.05, 3.63) is 107 Å². The highest BCUT2D eigenvalue weighted by Crippen LogP contribution is 2.43. The van der Waals surface area contributed by atoms with Crippen LogP contribution in [0.4, 0.5) is 11.4 Å². The van der Waals surface area contributed by atoms with Gasteiger partial charge >= 0.3 is 0 Å². The van der Waals surface area contributed by atoms with Crippen LogP contribution in [0.25, 0.3) is 0 Å². The van der Waals surface area contributed by atoms with Gasteiger partial charge in [0.2, 0.25) is 0 Å². The molecular formula is C26H24N2O2. The van der Waals surface area contributed by atoms with Crippen LogP contribution in [0, 0.1) is 5.92 Å². The summed E-state index contributed by atoms with van der Waals surface area (Å²) in [5.41, 5.74) is 6.47. The Kier molecular flexibility index (Phi) is 4.15. The third-order valence-electron chi connectivity index (χ3n) is 6.42. The van der Waals surface area contributed by atoms with Gasteiger partial charge in [0.1, 0.15) is 11.5 Å². The topological polar surface area (TPSA) is 24.9 Å². The number of nitrogens with zero attached hydrogens (tertiary/aromatic N) is 2. The number of hydrogen-bond acceptors (Lipinski definition) is 4. The van der Waals surface area contributed by atoms with Crippen LogP contribution in [-0.4, -0.2) is 26.6 Å². The number of fused-ring (bicyclic) bond motifs is 3. The molecule has 1 atom stereocenters. The molecule has 2 aliphatic carbocycles.